The van der Waals surface area contributed by atoms with Gasteiger partial charge in [-0.05, 0) is 44.2 Å². The zero-order valence-electron chi connectivity index (χ0n) is 14.1. The third kappa shape index (κ3) is 2.71. The summed E-state index contributed by atoms with van der Waals surface area (Å²) >= 11 is 0. The van der Waals surface area contributed by atoms with Crippen LogP contribution in [-0.4, -0.2) is 31.3 Å². The zero-order valence-corrected chi connectivity index (χ0v) is 14.1. The number of nitrogens with zero attached hydrogens (tertiary/aromatic N) is 3. The van der Waals surface area contributed by atoms with Crippen LogP contribution in [0.5, 0.6) is 0 Å². The molecule has 0 aliphatic rings. The fourth-order valence-electron chi connectivity index (χ4n) is 2.70. The standard InChI is InChI=1S/C18H15FN6O/c1-9-10(2)22-23-15(9)18(26)21-13-7-14-16(24-25-17(14)20-8-13)11-3-5-12(19)6-4-11/h3-8H,1-2H3,(H,21,26)(H,22,23)(H,20,24,25). The molecule has 7 nitrogen and oxygen atoms in total. The molecule has 26 heavy (non-hydrogen) atoms. The highest BCUT2D eigenvalue weighted by Crippen LogP contribution is 2.27. The molecule has 4 aromatic rings. The van der Waals surface area contributed by atoms with Crippen LogP contribution in [0.15, 0.2) is 36.5 Å². The normalized spacial score (nSPS) is 11.0. The molecule has 3 N–H and O–H groups in total. The summed E-state index contributed by atoms with van der Waals surface area (Å²) in [4.78, 5) is 16.7. The first-order chi connectivity index (χ1) is 12.5. The van der Waals surface area contributed by atoms with Crippen LogP contribution in [0.2, 0.25) is 0 Å². The minimum absolute atomic E-state index is 0.295. The number of H-pyrrole nitrogens is 2. The van der Waals surface area contributed by atoms with Crippen LogP contribution >= 0.6 is 0 Å². The van der Waals surface area contributed by atoms with Crippen LogP contribution in [0.4, 0.5) is 10.1 Å². The molecule has 0 saturated heterocycles. The Hall–Kier alpha value is -3.55. The van der Waals surface area contributed by atoms with Crippen molar-refractivity contribution in [2.24, 2.45) is 0 Å². The predicted octanol–water partition coefficient (Wildman–Crippen LogP) is 3.36. The van der Waals surface area contributed by atoms with E-state index < -0.39 is 0 Å². The van der Waals surface area contributed by atoms with Gasteiger partial charge in [0.2, 0.25) is 0 Å². The maximum absolute atomic E-state index is 13.1. The van der Waals surface area contributed by atoms with Crippen molar-refractivity contribution in [1.29, 1.82) is 0 Å². The third-order valence-electron chi connectivity index (χ3n) is 4.27. The predicted molar refractivity (Wildman–Crippen MR) is 95.3 cm³/mol. The molecule has 1 aromatic carbocycles. The van der Waals surface area contributed by atoms with Gasteiger partial charge in [0.05, 0.1) is 17.6 Å². The number of rotatable bonds is 3. The van der Waals surface area contributed by atoms with Crippen LogP contribution in [0, 0.1) is 19.7 Å². The smallest absolute Gasteiger partial charge is 0.273 e. The Morgan fingerprint density at radius 2 is 1.88 bits per heavy atom. The highest BCUT2D eigenvalue weighted by atomic mass is 19.1. The zero-order chi connectivity index (χ0) is 18.3. The Morgan fingerprint density at radius 1 is 1.12 bits per heavy atom. The fraction of sp³-hybridized carbons (Fsp3) is 0.111. The number of carbonyl (C=O) groups excluding carboxylic acids is 1. The van der Waals surface area contributed by atoms with Crippen LogP contribution in [0.1, 0.15) is 21.7 Å². The van der Waals surface area contributed by atoms with Gasteiger partial charge in [-0.3, -0.25) is 15.0 Å². The number of amides is 1. The van der Waals surface area contributed by atoms with E-state index in [-0.39, 0.29) is 11.7 Å². The SMILES string of the molecule is Cc1n[nH]c(C(=O)Nc2cnc3[nH]nc(-c4ccc(F)cc4)c3c2)c1C. The summed E-state index contributed by atoms with van der Waals surface area (Å²) in [6.07, 6.45) is 1.55. The van der Waals surface area contributed by atoms with E-state index in [4.69, 9.17) is 0 Å². The van der Waals surface area contributed by atoms with E-state index in [9.17, 15) is 9.18 Å². The summed E-state index contributed by atoms with van der Waals surface area (Å²) in [7, 11) is 0. The van der Waals surface area contributed by atoms with E-state index in [0.717, 1.165) is 22.2 Å². The second-order valence-corrected chi connectivity index (χ2v) is 5.96. The lowest BCUT2D eigenvalue weighted by molar-refractivity contribution is 0.102. The molecule has 0 unspecified atom stereocenters. The van der Waals surface area contributed by atoms with Crippen molar-refractivity contribution < 1.29 is 9.18 Å². The molecule has 8 heteroatoms. The molecule has 0 fully saturated rings. The fourth-order valence-corrected chi connectivity index (χ4v) is 2.70. The Labute approximate surface area is 147 Å². The number of fused-ring (bicyclic) bond motifs is 1. The summed E-state index contributed by atoms with van der Waals surface area (Å²) in [6.45, 7) is 3.66. The Bertz CT molecular complexity index is 1110. The third-order valence-corrected chi connectivity index (χ3v) is 4.27. The van der Waals surface area contributed by atoms with Crippen LogP contribution in [0.3, 0.4) is 0 Å². The maximum atomic E-state index is 13.1. The molecular weight excluding hydrogens is 335 g/mol. The molecular formula is C18H15FN6O. The van der Waals surface area contributed by atoms with Crippen molar-refractivity contribution in [2.75, 3.05) is 5.32 Å². The van der Waals surface area contributed by atoms with Crippen molar-refractivity contribution in [3.63, 3.8) is 0 Å². The van der Waals surface area contributed by atoms with E-state index in [1.807, 2.05) is 13.8 Å². The minimum Gasteiger partial charge on any atom is -0.319 e. The molecule has 0 saturated carbocycles. The molecule has 0 aliphatic carbocycles. The molecule has 0 spiro atoms. The number of benzene rings is 1. The number of aryl methyl sites for hydroxylation is 1. The molecule has 0 radical (unpaired) electrons. The van der Waals surface area contributed by atoms with Gasteiger partial charge in [0.15, 0.2) is 5.65 Å². The largest absolute Gasteiger partial charge is 0.319 e. The van der Waals surface area contributed by atoms with Crippen LogP contribution < -0.4 is 5.32 Å². The highest BCUT2D eigenvalue weighted by Gasteiger charge is 2.15. The molecule has 4 rings (SSSR count). The van der Waals surface area contributed by atoms with Crippen LogP contribution in [-0.2, 0) is 0 Å². The number of hydrogen-bond acceptors (Lipinski definition) is 4. The van der Waals surface area contributed by atoms with Gasteiger partial charge >= 0.3 is 0 Å². The van der Waals surface area contributed by atoms with Crippen LogP contribution in [0.25, 0.3) is 22.3 Å². The lowest BCUT2D eigenvalue weighted by Crippen LogP contribution is -2.13. The number of carbonyl (C=O) groups is 1. The average Bonchev–Trinajstić information content (AvgIpc) is 3.19. The number of halogens is 1. The van der Waals surface area contributed by atoms with E-state index in [1.165, 1.54) is 12.1 Å². The molecule has 0 atom stereocenters. The Kier molecular flexibility index (Phi) is 3.72. The van der Waals surface area contributed by atoms with Gasteiger partial charge in [-0.25, -0.2) is 9.37 Å². The Balaban J connectivity index is 1.69. The molecule has 3 aromatic heterocycles. The monoisotopic (exact) mass is 350 g/mol. The molecule has 0 bridgehead atoms. The molecule has 1 amide bonds. The van der Waals surface area contributed by atoms with Gasteiger partial charge in [-0.2, -0.15) is 10.2 Å². The summed E-state index contributed by atoms with van der Waals surface area (Å²) in [5.41, 5.74) is 4.48. The summed E-state index contributed by atoms with van der Waals surface area (Å²) in [6, 6.07) is 7.82. The van der Waals surface area contributed by atoms with Crippen molar-refractivity contribution in [3.8, 4) is 11.3 Å². The first-order valence-corrected chi connectivity index (χ1v) is 7.96. The number of pyridine rings is 1. The van der Waals surface area contributed by atoms with Gasteiger partial charge in [-0.15, -0.1) is 0 Å². The average molecular weight is 350 g/mol. The van der Waals surface area contributed by atoms with E-state index in [0.29, 0.717) is 22.7 Å². The van der Waals surface area contributed by atoms with Gasteiger partial charge in [0.1, 0.15) is 17.2 Å². The second kappa shape index (κ2) is 6.07. The number of aromatic amines is 2. The van der Waals surface area contributed by atoms with Crippen molar-refractivity contribution >= 4 is 22.6 Å². The molecule has 130 valence electrons. The van der Waals surface area contributed by atoms with Gasteiger partial charge < -0.3 is 5.32 Å². The van der Waals surface area contributed by atoms with Gasteiger partial charge in [0.25, 0.3) is 5.91 Å². The first kappa shape index (κ1) is 15.9. The summed E-state index contributed by atoms with van der Waals surface area (Å²) in [5.74, 6) is -0.610. The summed E-state index contributed by atoms with van der Waals surface area (Å²) in [5, 5.41) is 17.4. The second-order valence-electron chi connectivity index (χ2n) is 5.96. The van der Waals surface area contributed by atoms with Crippen molar-refractivity contribution in [3.05, 3.63) is 59.3 Å². The van der Waals surface area contributed by atoms with Crippen molar-refractivity contribution in [2.45, 2.75) is 13.8 Å². The lowest BCUT2D eigenvalue weighted by Gasteiger charge is -2.05. The topological polar surface area (TPSA) is 99.4 Å². The van der Waals surface area contributed by atoms with Crippen molar-refractivity contribution in [1.82, 2.24) is 25.4 Å². The van der Waals surface area contributed by atoms with E-state index in [2.05, 4.69) is 30.7 Å². The molecule has 0 aliphatic heterocycles. The highest BCUT2D eigenvalue weighted by molar-refractivity contribution is 6.05. The minimum atomic E-state index is -0.315. The maximum Gasteiger partial charge on any atom is 0.273 e. The van der Waals surface area contributed by atoms with E-state index >= 15 is 0 Å². The quantitative estimate of drug-likeness (QED) is 0.527. The number of anilines is 1. The molecule has 3 heterocycles. The number of nitrogens with one attached hydrogen (secondary N) is 3. The van der Waals surface area contributed by atoms with Gasteiger partial charge in [-0.1, -0.05) is 0 Å². The summed E-state index contributed by atoms with van der Waals surface area (Å²) < 4.78 is 13.1. The lowest BCUT2D eigenvalue weighted by atomic mass is 10.1. The first-order valence-electron chi connectivity index (χ1n) is 7.96. The number of aromatic nitrogens is 5. The van der Waals surface area contributed by atoms with Gasteiger partial charge in [0, 0.05) is 16.5 Å². The number of hydrogen-bond donors (Lipinski definition) is 3. The van der Waals surface area contributed by atoms with E-state index in [1.54, 1.807) is 24.4 Å². The Morgan fingerprint density at radius 3 is 2.58 bits per heavy atom.